The van der Waals surface area contributed by atoms with Crippen LogP contribution in [0.15, 0.2) is 47.2 Å². The third-order valence-electron chi connectivity index (χ3n) is 4.22. The number of amides is 1. The van der Waals surface area contributed by atoms with E-state index in [1.54, 1.807) is 40.9 Å². The Morgan fingerprint density at radius 1 is 1.08 bits per heavy atom. The molecule has 0 aliphatic carbocycles. The number of carbonyl (C=O) groups excluding carboxylic acids is 1. The lowest BCUT2D eigenvalue weighted by atomic mass is 9.97. The Morgan fingerprint density at radius 3 is 2.75 bits per heavy atom. The number of fused-ring (bicyclic) bond motifs is 1. The number of halogens is 2. The smallest absolute Gasteiger partial charge is 0.256 e. The van der Waals surface area contributed by atoms with E-state index in [4.69, 9.17) is 23.2 Å². The molecule has 1 aromatic carbocycles. The van der Waals surface area contributed by atoms with Gasteiger partial charge in [0.25, 0.3) is 5.91 Å². The van der Waals surface area contributed by atoms with Gasteiger partial charge in [-0.05, 0) is 47.0 Å². The Balaban J connectivity index is 1.79. The Kier molecular flexibility index (Phi) is 4.39. The van der Waals surface area contributed by atoms with E-state index in [1.807, 2.05) is 16.3 Å². The van der Waals surface area contributed by atoms with E-state index in [1.165, 1.54) is 15.3 Å². The van der Waals surface area contributed by atoms with Crippen LogP contribution < -0.4 is 0 Å². The first kappa shape index (κ1) is 16.2. The molecule has 6 heteroatoms. The van der Waals surface area contributed by atoms with Gasteiger partial charge in [0.15, 0.2) is 0 Å². The van der Waals surface area contributed by atoms with Gasteiger partial charge >= 0.3 is 0 Å². The highest BCUT2D eigenvalue weighted by atomic mass is 35.5. The summed E-state index contributed by atoms with van der Waals surface area (Å²) in [6.45, 7) is 0.678. The molecule has 3 heterocycles. The summed E-state index contributed by atoms with van der Waals surface area (Å²) >= 11 is 15.8. The molecule has 1 aliphatic rings. The summed E-state index contributed by atoms with van der Waals surface area (Å²) in [6.07, 6.45) is 0.874. The monoisotopic (exact) mass is 393 g/mol. The summed E-state index contributed by atoms with van der Waals surface area (Å²) in [5.74, 6) is -0.0715. The Hall–Kier alpha value is -1.33. The largest absolute Gasteiger partial charge is 0.326 e. The second kappa shape index (κ2) is 6.52. The van der Waals surface area contributed by atoms with E-state index in [-0.39, 0.29) is 11.9 Å². The van der Waals surface area contributed by atoms with Crippen molar-refractivity contribution in [2.24, 2.45) is 0 Å². The standard InChI is InChI=1S/C18H13Cl2NOS2/c19-13-4-1-3-12(16(13)20)18(22)21-8-6-14-11(7-10-24-14)17(21)15-5-2-9-23-15/h1-5,7,9-10,17H,6,8H2. The molecule has 122 valence electrons. The summed E-state index contributed by atoms with van der Waals surface area (Å²) in [5, 5.41) is 4.88. The number of rotatable bonds is 2. The number of carbonyl (C=O) groups is 1. The van der Waals surface area contributed by atoms with Crippen LogP contribution in [0.25, 0.3) is 0 Å². The van der Waals surface area contributed by atoms with Crippen LogP contribution in [-0.4, -0.2) is 17.4 Å². The van der Waals surface area contributed by atoms with Crippen molar-refractivity contribution in [3.8, 4) is 0 Å². The fourth-order valence-corrected chi connectivity index (χ4v) is 5.25. The van der Waals surface area contributed by atoms with Gasteiger partial charge in [0.05, 0.1) is 21.7 Å². The fourth-order valence-electron chi connectivity index (χ4n) is 3.11. The van der Waals surface area contributed by atoms with Crippen molar-refractivity contribution in [2.45, 2.75) is 12.5 Å². The second-order valence-electron chi connectivity index (χ2n) is 5.57. The molecule has 24 heavy (non-hydrogen) atoms. The maximum absolute atomic E-state index is 13.2. The lowest BCUT2D eigenvalue weighted by Crippen LogP contribution is -2.39. The molecule has 1 amide bonds. The summed E-state index contributed by atoms with van der Waals surface area (Å²) in [6, 6.07) is 11.4. The van der Waals surface area contributed by atoms with Crippen molar-refractivity contribution < 1.29 is 4.79 Å². The van der Waals surface area contributed by atoms with Crippen LogP contribution in [0.1, 0.15) is 31.7 Å². The van der Waals surface area contributed by atoms with Crippen LogP contribution in [0, 0.1) is 0 Å². The van der Waals surface area contributed by atoms with Crippen molar-refractivity contribution in [2.75, 3.05) is 6.54 Å². The number of hydrogen-bond acceptors (Lipinski definition) is 3. The first-order chi connectivity index (χ1) is 11.7. The number of thiophene rings is 2. The highest BCUT2D eigenvalue weighted by Crippen LogP contribution is 2.40. The van der Waals surface area contributed by atoms with Gasteiger partial charge in [0.1, 0.15) is 0 Å². The van der Waals surface area contributed by atoms with E-state index in [2.05, 4.69) is 17.5 Å². The maximum Gasteiger partial charge on any atom is 0.256 e. The summed E-state index contributed by atoms with van der Waals surface area (Å²) in [4.78, 5) is 17.6. The van der Waals surface area contributed by atoms with Gasteiger partial charge < -0.3 is 4.90 Å². The zero-order chi connectivity index (χ0) is 16.7. The molecule has 2 aromatic heterocycles. The predicted molar refractivity (Wildman–Crippen MR) is 102 cm³/mol. The minimum atomic E-state index is -0.0715. The van der Waals surface area contributed by atoms with Crippen LogP contribution in [0.2, 0.25) is 10.0 Å². The molecule has 0 spiro atoms. The molecule has 0 N–H and O–H groups in total. The molecule has 1 unspecified atom stereocenters. The quantitative estimate of drug-likeness (QED) is 0.530. The topological polar surface area (TPSA) is 20.3 Å². The molecular formula is C18H13Cl2NOS2. The van der Waals surface area contributed by atoms with E-state index in [0.717, 1.165) is 6.42 Å². The average Bonchev–Trinajstić information content (AvgIpc) is 3.27. The SMILES string of the molecule is O=C(c1cccc(Cl)c1Cl)N1CCc2sccc2C1c1cccs1. The van der Waals surface area contributed by atoms with E-state index >= 15 is 0 Å². The minimum Gasteiger partial charge on any atom is -0.326 e. The third kappa shape index (κ3) is 2.68. The van der Waals surface area contributed by atoms with E-state index in [0.29, 0.717) is 22.2 Å². The second-order valence-corrected chi connectivity index (χ2v) is 8.33. The molecule has 3 aromatic rings. The highest BCUT2D eigenvalue weighted by Gasteiger charge is 2.34. The lowest BCUT2D eigenvalue weighted by molar-refractivity contribution is 0.0699. The van der Waals surface area contributed by atoms with Gasteiger partial charge in [-0.1, -0.05) is 35.3 Å². The van der Waals surface area contributed by atoms with Crippen LogP contribution >= 0.6 is 45.9 Å². The Labute approximate surface area is 158 Å². The van der Waals surface area contributed by atoms with Crippen molar-refractivity contribution in [3.05, 3.63) is 78.1 Å². The number of nitrogens with zero attached hydrogens (tertiary/aromatic N) is 1. The van der Waals surface area contributed by atoms with Crippen molar-refractivity contribution in [1.29, 1.82) is 0 Å². The summed E-state index contributed by atoms with van der Waals surface area (Å²) in [5.41, 5.74) is 1.68. The average molecular weight is 394 g/mol. The molecular weight excluding hydrogens is 381 g/mol. The fraction of sp³-hybridized carbons (Fsp3) is 0.167. The van der Waals surface area contributed by atoms with Crippen molar-refractivity contribution in [1.82, 2.24) is 4.90 Å². The van der Waals surface area contributed by atoms with Crippen LogP contribution in [0.3, 0.4) is 0 Å². The molecule has 0 bridgehead atoms. The molecule has 1 atom stereocenters. The Bertz CT molecular complexity index is 888. The van der Waals surface area contributed by atoms with Gasteiger partial charge in [-0.25, -0.2) is 0 Å². The van der Waals surface area contributed by atoms with E-state index < -0.39 is 0 Å². The highest BCUT2D eigenvalue weighted by molar-refractivity contribution is 7.10. The maximum atomic E-state index is 13.2. The van der Waals surface area contributed by atoms with Gasteiger partial charge in [-0.15, -0.1) is 22.7 Å². The van der Waals surface area contributed by atoms with E-state index in [9.17, 15) is 4.79 Å². The lowest BCUT2D eigenvalue weighted by Gasteiger charge is -2.35. The molecule has 1 aliphatic heterocycles. The van der Waals surface area contributed by atoms with Gasteiger partial charge in [-0.3, -0.25) is 4.79 Å². The number of benzene rings is 1. The zero-order valence-corrected chi connectivity index (χ0v) is 15.7. The molecule has 0 saturated heterocycles. The molecule has 4 rings (SSSR count). The molecule has 2 nitrogen and oxygen atoms in total. The molecule has 0 radical (unpaired) electrons. The van der Waals surface area contributed by atoms with Crippen molar-refractivity contribution in [3.63, 3.8) is 0 Å². The van der Waals surface area contributed by atoms with Crippen LogP contribution in [-0.2, 0) is 6.42 Å². The van der Waals surface area contributed by atoms with Gasteiger partial charge in [0, 0.05) is 16.3 Å². The zero-order valence-electron chi connectivity index (χ0n) is 12.5. The van der Waals surface area contributed by atoms with Gasteiger partial charge in [-0.2, -0.15) is 0 Å². The first-order valence-corrected chi connectivity index (χ1v) is 10.0. The van der Waals surface area contributed by atoms with Gasteiger partial charge in [0.2, 0.25) is 0 Å². The molecule has 0 fully saturated rings. The number of hydrogen-bond donors (Lipinski definition) is 0. The minimum absolute atomic E-state index is 0.0532. The normalized spacial score (nSPS) is 16.9. The summed E-state index contributed by atoms with van der Waals surface area (Å²) < 4.78 is 0. The molecule has 0 saturated carbocycles. The predicted octanol–water partition coefficient (Wildman–Crippen LogP) is 5.90. The van der Waals surface area contributed by atoms with Crippen LogP contribution in [0.5, 0.6) is 0 Å². The van der Waals surface area contributed by atoms with Crippen LogP contribution in [0.4, 0.5) is 0 Å². The summed E-state index contributed by atoms with van der Waals surface area (Å²) in [7, 11) is 0. The third-order valence-corrected chi connectivity index (χ3v) is 6.96. The Morgan fingerprint density at radius 2 is 1.96 bits per heavy atom. The van der Waals surface area contributed by atoms with Crippen molar-refractivity contribution >= 4 is 51.8 Å². The first-order valence-electron chi connectivity index (χ1n) is 7.51.